The molecule has 1 fully saturated rings. The Morgan fingerprint density at radius 1 is 1.53 bits per heavy atom. The molecule has 5 nitrogen and oxygen atoms in total. The summed E-state index contributed by atoms with van der Waals surface area (Å²) >= 11 is 0. The Morgan fingerprint density at radius 2 is 2.29 bits per heavy atom. The third-order valence-electron chi connectivity index (χ3n) is 2.98. The quantitative estimate of drug-likeness (QED) is 0.626. The van der Waals surface area contributed by atoms with Gasteiger partial charge in [-0.1, -0.05) is 0 Å². The molecular weight excluding hydrogens is 220 g/mol. The first-order chi connectivity index (χ1) is 8.10. The summed E-state index contributed by atoms with van der Waals surface area (Å²) in [5, 5.41) is 6.14. The Bertz CT molecular complexity index is 238. The normalized spacial score (nSPS) is 24.2. The maximum absolute atomic E-state index is 12.1. The number of amides is 1. The monoisotopic (exact) mass is 244 g/mol. The number of hydrogen-bond donors (Lipinski definition) is 2. The Balaban J connectivity index is 2.33. The van der Waals surface area contributed by atoms with Gasteiger partial charge in [-0.25, -0.2) is 0 Å². The van der Waals surface area contributed by atoms with Gasteiger partial charge in [-0.05, 0) is 26.8 Å². The van der Waals surface area contributed by atoms with Crippen LogP contribution >= 0.6 is 0 Å². The third-order valence-corrected chi connectivity index (χ3v) is 2.98. The Labute approximate surface area is 103 Å². The molecule has 2 N–H and O–H groups in total. The van der Waals surface area contributed by atoms with E-state index in [1.165, 1.54) is 0 Å². The van der Waals surface area contributed by atoms with E-state index in [4.69, 9.17) is 9.47 Å². The lowest BCUT2D eigenvalue weighted by Crippen LogP contribution is -2.46. The standard InChI is InChI=1S/C12H24N2O3/c1-10(2)17-7-6-14-11(15)12(9-16-3)4-5-13-8-12/h10,13H,4-9H2,1-3H3,(H,14,15). The topological polar surface area (TPSA) is 59.6 Å². The van der Waals surface area contributed by atoms with E-state index < -0.39 is 5.41 Å². The second-order valence-corrected chi connectivity index (χ2v) is 4.82. The van der Waals surface area contributed by atoms with Crippen LogP contribution in [0.4, 0.5) is 0 Å². The van der Waals surface area contributed by atoms with Crippen molar-refractivity contribution in [3.05, 3.63) is 0 Å². The Morgan fingerprint density at radius 3 is 2.82 bits per heavy atom. The van der Waals surface area contributed by atoms with Gasteiger partial charge in [0.1, 0.15) is 0 Å². The third kappa shape index (κ3) is 4.26. The van der Waals surface area contributed by atoms with Gasteiger partial charge in [-0.2, -0.15) is 0 Å². The van der Waals surface area contributed by atoms with Crippen LogP contribution in [-0.2, 0) is 14.3 Å². The summed E-state index contributed by atoms with van der Waals surface area (Å²) in [5.41, 5.74) is -0.396. The van der Waals surface area contributed by atoms with Crippen molar-refractivity contribution in [3.63, 3.8) is 0 Å². The van der Waals surface area contributed by atoms with Gasteiger partial charge in [0.15, 0.2) is 0 Å². The molecule has 1 amide bonds. The summed E-state index contributed by atoms with van der Waals surface area (Å²) < 4.78 is 10.5. The van der Waals surface area contributed by atoms with Crippen molar-refractivity contribution in [2.45, 2.75) is 26.4 Å². The SMILES string of the molecule is COCC1(C(=O)NCCOC(C)C)CCNC1. The summed E-state index contributed by atoms with van der Waals surface area (Å²) in [7, 11) is 1.63. The van der Waals surface area contributed by atoms with Crippen molar-refractivity contribution < 1.29 is 14.3 Å². The molecule has 1 heterocycles. The first-order valence-corrected chi connectivity index (χ1v) is 6.20. The van der Waals surface area contributed by atoms with Crippen molar-refractivity contribution in [3.8, 4) is 0 Å². The minimum atomic E-state index is -0.396. The van der Waals surface area contributed by atoms with Gasteiger partial charge in [0.25, 0.3) is 0 Å². The van der Waals surface area contributed by atoms with E-state index in [1.807, 2.05) is 13.8 Å². The van der Waals surface area contributed by atoms with Crippen molar-refractivity contribution >= 4 is 5.91 Å². The number of ether oxygens (including phenoxy) is 2. The molecule has 1 aliphatic rings. The molecule has 0 spiro atoms. The molecule has 5 heteroatoms. The molecule has 0 radical (unpaired) electrons. The highest BCUT2D eigenvalue weighted by atomic mass is 16.5. The van der Waals surface area contributed by atoms with Crippen molar-refractivity contribution in [2.24, 2.45) is 5.41 Å². The molecule has 0 saturated carbocycles. The highest BCUT2D eigenvalue weighted by molar-refractivity contribution is 5.83. The summed E-state index contributed by atoms with van der Waals surface area (Å²) in [6.45, 7) is 7.11. The molecule has 1 atom stereocenters. The van der Waals surface area contributed by atoms with Crippen molar-refractivity contribution in [2.75, 3.05) is 40.0 Å². The van der Waals surface area contributed by atoms with Crippen LogP contribution in [0.15, 0.2) is 0 Å². The second kappa shape index (κ2) is 6.93. The van der Waals surface area contributed by atoms with Crippen LogP contribution in [0.5, 0.6) is 0 Å². The first kappa shape index (κ1) is 14.4. The minimum absolute atomic E-state index is 0.0664. The molecule has 1 rings (SSSR count). The van der Waals surface area contributed by atoms with Crippen LogP contribution in [0.3, 0.4) is 0 Å². The molecule has 0 aromatic heterocycles. The van der Waals surface area contributed by atoms with E-state index in [2.05, 4.69) is 10.6 Å². The fraction of sp³-hybridized carbons (Fsp3) is 0.917. The molecule has 17 heavy (non-hydrogen) atoms. The molecule has 100 valence electrons. The number of rotatable bonds is 7. The van der Waals surface area contributed by atoms with E-state index in [1.54, 1.807) is 7.11 Å². The minimum Gasteiger partial charge on any atom is -0.384 e. The van der Waals surface area contributed by atoms with E-state index in [9.17, 15) is 4.79 Å². The van der Waals surface area contributed by atoms with Gasteiger partial charge in [0, 0.05) is 20.2 Å². The summed E-state index contributed by atoms with van der Waals surface area (Å²) in [5.74, 6) is 0.0664. The average Bonchev–Trinajstić information content (AvgIpc) is 2.74. The molecule has 0 aliphatic carbocycles. The van der Waals surface area contributed by atoms with E-state index in [0.29, 0.717) is 26.3 Å². The zero-order valence-corrected chi connectivity index (χ0v) is 11.0. The highest BCUT2D eigenvalue weighted by Crippen LogP contribution is 2.25. The first-order valence-electron chi connectivity index (χ1n) is 6.20. The van der Waals surface area contributed by atoms with Gasteiger partial charge in [0.2, 0.25) is 5.91 Å². The predicted molar refractivity (Wildman–Crippen MR) is 65.9 cm³/mol. The van der Waals surface area contributed by atoms with Crippen LogP contribution in [0, 0.1) is 5.41 Å². The van der Waals surface area contributed by atoms with Crippen molar-refractivity contribution in [1.29, 1.82) is 0 Å². The molecular formula is C12H24N2O3. The highest BCUT2D eigenvalue weighted by Gasteiger charge is 2.41. The lowest BCUT2D eigenvalue weighted by molar-refractivity contribution is -0.133. The molecule has 1 aliphatic heterocycles. The second-order valence-electron chi connectivity index (χ2n) is 4.82. The Hall–Kier alpha value is -0.650. The van der Waals surface area contributed by atoms with Crippen LogP contribution < -0.4 is 10.6 Å². The lowest BCUT2D eigenvalue weighted by Gasteiger charge is -2.26. The Kier molecular flexibility index (Phi) is 5.88. The largest absolute Gasteiger partial charge is 0.384 e. The molecule has 0 aromatic carbocycles. The number of carbonyl (C=O) groups excluding carboxylic acids is 1. The number of nitrogens with one attached hydrogen (secondary N) is 2. The van der Waals surface area contributed by atoms with Gasteiger partial charge in [0.05, 0.1) is 24.7 Å². The van der Waals surface area contributed by atoms with E-state index in [-0.39, 0.29) is 12.0 Å². The maximum atomic E-state index is 12.1. The summed E-state index contributed by atoms with van der Waals surface area (Å²) in [4.78, 5) is 12.1. The molecule has 0 aromatic rings. The fourth-order valence-electron chi connectivity index (χ4n) is 2.05. The summed E-state index contributed by atoms with van der Waals surface area (Å²) in [6, 6.07) is 0. The van der Waals surface area contributed by atoms with Crippen LogP contribution in [0.25, 0.3) is 0 Å². The van der Waals surface area contributed by atoms with Gasteiger partial charge in [-0.15, -0.1) is 0 Å². The van der Waals surface area contributed by atoms with Crippen LogP contribution in [0.1, 0.15) is 20.3 Å². The average molecular weight is 244 g/mol. The number of methoxy groups -OCH3 is 1. The molecule has 1 unspecified atom stereocenters. The van der Waals surface area contributed by atoms with Gasteiger partial charge < -0.3 is 20.1 Å². The van der Waals surface area contributed by atoms with Crippen LogP contribution in [0.2, 0.25) is 0 Å². The van der Waals surface area contributed by atoms with Crippen LogP contribution in [-0.4, -0.2) is 52.0 Å². The zero-order chi connectivity index (χ0) is 12.7. The van der Waals surface area contributed by atoms with Crippen molar-refractivity contribution in [1.82, 2.24) is 10.6 Å². The smallest absolute Gasteiger partial charge is 0.229 e. The van der Waals surface area contributed by atoms with E-state index >= 15 is 0 Å². The fourth-order valence-corrected chi connectivity index (χ4v) is 2.05. The molecule has 0 bridgehead atoms. The zero-order valence-electron chi connectivity index (χ0n) is 11.0. The lowest BCUT2D eigenvalue weighted by atomic mass is 9.87. The van der Waals surface area contributed by atoms with Gasteiger partial charge >= 0.3 is 0 Å². The predicted octanol–water partition coefficient (Wildman–Crippen LogP) is 0.154. The molecule has 1 saturated heterocycles. The summed E-state index contributed by atoms with van der Waals surface area (Å²) in [6.07, 6.45) is 1.03. The number of hydrogen-bond acceptors (Lipinski definition) is 4. The number of carbonyl (C=O) groups is 1. The van der Waals surface area contributed by atoms with Gasteiger partial charge in [-0.3, -0.25) is 4.79 Å². The maximum Gasteiger partial charge on any atom is 0.229 e. The van der Waals surface area contributed by atoms with E-state index in [0.717, 1.165) is 13.0 Å².